The Kier molecular flexibility index (Phi) is 4.86. The number of carbonyl (C=O) groups excluding carboxylic acids is 1. The van der Waals surface area contributed by atoms with Gasteiger partial charge in [0.05, 0.1) is 5.52 Å². The summed E-state index contributed by atoms with van der Waals surface area (Å²) in [6.45, 7) is 2.69. The number of carbonyl (C=O) groups is 1. The smallest absolute Gasteiger partial charge is 0.278 e. The van der Waals surface area contributed by atoms with E-state index in [9.17, 15) is 9.59 Å². The number of aromatic nitrogens is 3. The molecule has 0 fully saturated rings. The first kappa shape index (κ1) is 18.0. The lowest BCUT2D eigenvalue weighted by molar-refractivity contribution is -0.116. The summed E-state index contributed by atoms with van der Waals surface area (Å²) in [7, 11) is 0. The normalized spacial score (nSPS) is 14.0. The fourth-order valence-corrected chi connectivity index (χ4v) is 4.08. The molecule has 6 nitrogen and oxygen atoms in total. The first-order valence-corrected chi connectivity index (χ1v) is 9.97. The summed E-state index contributed by atoms with van der Waals surface area (Å²) in [5.74, 6) is 0.689. The number of halogens is 1. The van der Waals surface area contributed by atoms with Gasteiger partial charge in [0.25, 0.3) is 5.56 Å². The van der Waals surface area contributed by atoms with E-state index in [1.807, 2.05) is 37.3 Å². The first-order chi connectivity index (χ1) is 13.0. The van der Waals surface area contributed by atoms with Crippen LogP contribution in [0.25, 0.3) is 11.0 Å². The molecular weight excluding hydrogens is 408 g/mol. The maximum Gasteiger partial charge on any atom is 0.278 e. The van der Waals surface area contributed by atoms with E-state index in [1.54, 1.807) is 9.13 Å². The van der Waals surface area contributed by atoms with Crippen LogP contribution in [0.1, 0.15) is 30.8 Å². The second kappa shape index (κ2) is 7.31. The Bertz CT molecular complexity index is 1080. The van der Waals surface area contributed by atoms with Gasteiger partial charge in [0.15, 0.2) is 0 Å². The molecule has 1 amide bonds. The van der Waals surface area contributed by atoms with Crippen molar-refractivity contribution >= 4 is 38.6 Å². The minimum Gasteiger partial charge on any atom is -0.330 e. The van der Waals surface area contributed by atoms with Gasteiger partial charge in [-0.2, -0.15) is 0 Å². The van der Waals surface area contributed by atoms with Crippen LogP contribution in [0.2, 0.25) is 0 Å². The lowest BCUT2D eigenvalue weighted by Crippen LogP contribution is -2.28. The predicted molar refractivity (Wildman–Crippen MR) is 109 cm³/mol. The zero-order chi connectivity index (χ0) is 19.0. The fourth-order valence-electron chi connectivity index (χ4n) is 3.68. The molecule has 3 heterocycles. The highest BCUT2D eigenvalue weighted by Crippen LogP contribution is 2.19. The number of hydrogen-bond donors (Lipinski definition) is 1. The fraction of sp³-hybridized carbons (Fsp3) is 0.350. The van der Waals surface area contributed by atoms with Crippen molar-refractivity contribution in [2.75, 3.05) is 5.32 Å². The average molecular weight is 429 g/mol. The Balaban J connectivity index is 1.69. The van der Waals surface area contributed by atoms with Gasteiger partial charge in [-0.25, -0.2) is 4.98 Å². The zero-order valence-corrected chi connectivity index (χ0v) is 16.8. The summed E-state index contributed by atoms with van der Waals surface area (Å²) in [5, 5.41) is 2.89. The van der Waals surface area contributed by atoms with Crippen LogP contribution in [-0.2, 0) is 24.3 Å². The van der Waals surface area contributed by atoms with Crippen LogP contribution in [0, 0.1) is 6.92 Å². The van der Waals surface area contributed by atoms with Crippen LogP contribution in [0.4, 0.5) is 5.69 Å². The van der Waals surface area contributed by atoms with Crippen molar-refractivity contribution in [2.45, 2.75) is 45.7 Å². The van der Waals surface area contributed by atoms with Gasteiger partial charge in [-0.1, -0.05) is 28.4 Å². The van der Waals surface area contributed by atoms with E-state index in [2.05, 4.69) is 21.2 Å². The van der Waals surface area contributed by atoms with Crippen LogP contribution in [0.5, 0.6) is 0 Å². The Hall–Kier alpha value is -2.41. The van der Waals surface area contributed by atoms with Crippen LogP contribution in [0.15, 0.2) is 39.6 Å². The second-order valence-electron chi connectivity index (χ2n) is 6.96. The zero-order valence-electron chi connectivity index (χ0n) is 15.2. The van der Waals surface area contributed by atoms with Crippen LogP contribution >= 0.6 is 15.9 Å². The maximum absolute atomic E-state index is 13.1. The summed E-state index contributed by atoms with van der Waals surface area (Å²) in [4.78, 5) is 30.4. The van der Waals surface area contributed by atoms with Crippen molar-refractivity contribution in [3.05, 3.63) is 56.7 Å². The van der Waals surface area contributed by atoms with Crippen molar-refractivity contribution in [2.24, 2.45) is 0 Å². The van der Waals surface area contributed by atoms with E-state index in [1.165, 1.54) is 0 Å². The van der Waals surface area contributed by atoms with E-state index in [4.69, 9.17) is 4.98 Å². The number of rotatable bonds is 3. The van der Waals surface area contributed by atoms with Gasteiger partial charge in [-0.15, -0.1) is 0 Å². The summed E-state index contributed by atoms with van der Waals surface area (Å²) in [5.41, 5.74) is 2.73. The highest BCUT2D eigenvalue weighted by atomic mass is 79.9. The third kappa shape index (κ3) is 3.56. The predicted octanol–water partition coefficient (Wildman–Crippen LogP) is 3.63. The summed E-state index contributed by atoms with van der Waals surface area (Å²) in [6, 6.07) is 9.34. The highest BCUT2D eigenvalue weighted by molar-refractivity contribution is 9.10. The number of hydrogen-bond acceptors (Lipinski definition) is 3. The number of fused-ring (bicyclic) bond motifs is 2. The van der Waals surface area contributed by atoms with Crippen LogP contribution < -0.4 is 10.9 Å². The van der Waals surface area contributed by atoms with E-state index >= 15 is 0 Å². The van der Waals surface area contributed by atoms with Gasteiger partial charge in [0.1, 0.15) is 17.9 Å². The van der Waals surface area contributed by atoms with Crippen LogP contribution in [-0.4, -0.2) is 20.0 Å². The largest absolute Gasteiger partial charge is 0.330 e. The van der Waals surface area contributed by atoms with E-state index in [-0.39, 0.29) is 18.0 Å². The van der Waals surface area contributed by atoms with Crippen molar-refractivity contribution in [3.63, 3.8) is 0 Å². The number of nitrogens with one attached hydrogen (secondary N) is 1. The Morgan fingerprint density at radius 2 is 2.11 bits per heavy atom. The van der Waals surface area contributed by atoms with E-state index in [0.717, 1.165) is 41.7 Å². The van der Waals surface area contributed by atoms with Gasteiger partial charge in [0.2, 0.25) is 5.91 Å². The minimum absolute atomic E-state index is 0.0414. The third-order valence-electron chi connectivity index (χ3n) is 4.98. The topological polar surface area (TPSA) is 68.9 Å². The lowest BCUT2D eigenvalue weighted by atomic mass is 10.2. The quantitative estimate of drug-likeness (QED) is 0.692. The molecule has 1 aromatic carbocycles. The van der Waals surface area contributed by atoms with Gasteiger partial charge >= 0.3 is 0 Å². The van der Waals surface area contributed by atoms with Crippen molar-refractivity contribution in [1.82, 2.24) is 14.1 Å². The molecule has 1 aliphatic rings. The summed E-state index contributed by atoms with van der Waals surface area (Å²) >= 11 is 3.40. The summed E-state index contributed by atoms with van der Waals surface area (Å²) < 4.78 is 4.46. The Morgan fingerprint density at radius 1 is 1.26 bits per heavy atom. The molecule has 0 bridgehead atoms. The molecule has 7 heteroatoms. The molecule has 2 aromatic heterocycles. The number of aryl methyl sites for hydroxylation is 2. The van der Waals surface area contributed by atoms with E-state index < -0.39 is 0 Å². The highest BCUT2D eigenvalue weighted by Gasteiger charge is 2.19. The SMILES string of the molecule is Cc1cc2nc3n(c(=O)c2n1CC(=O)Nc1cccc(Br)c1)CCCCC3. The minimum atomic E-state index is -0.173. The molecule has 0 aliphatic carbocycles. The van der Waals surface area contributed by atoms with Crippen LogP contribution in [0.3, 0.4) is 0 Å². The number of nitrogens with zero attached hydrogens (tertiary/aromatic N) is 3. The molecular formula is C20H21BrN4O2. The standard InChI is InChI=1S/C20H21BrN4O2/c1-13-10-16-19(20(27)24-9-4-2-3-8-17(24)23-16)25(13)12-18(26)22-15-7-5-6-14(21)11-15/h5-7,10-11H,2-4,8-9,12H2,1H3,(H,22,26). The molecule has 0 spiro atoms. The molecule has 27 heavy (non-hydrogen) atoms. The van der Waals surface area contributed by atoms with Gasteiger partial charge in [-0.05, 0) is 44.0 Å². The third-order valence-corrected chi connectivity index (χ3v) is 5.48. The molecule has 0 saturated carbocycles. The van der Waals surface area contributed by atoms with Gasteiger partial charge in [-0.3, -0.25) is 14.2 Å². The number of anilines is 1. The molecule has 0 atom stereocenters. The first-order valence-electron chi connectivity index (χ1n) is 9.18. The molecule has 3 aromatic rings. The molecule has 1 aliphatic heterocycles. The van der Waals surface area contributed by atoms with Crippen molar-refractivity contribution in [1.29, 1.82) is 0 Å². The van der Waals surface area contributed by atoms with Gasteiger partial charge < -0.3 is 9.88 Å². The summed E-state index contributed by atoms with van der Waals surface area (Å²) in [6.07, 6.45) is 4.00. The molecule has 140 valence electrons. The van der Waals surface area contributed by atoms with Crippen molar-refractivity contribution < 1.29 is 4.79 Å². The Labute approximate surface area is 165 Å². The average Bonchev–Trinajstić information content (AvgIpc) is 2.79. The molecule has 0 saturated heterocycles. The molecule has 1 N–H and O–H groups in total. The number of amides is 1. The van der Waals surface area contributed by atoms with Gasteiger partial charge in [0, 0.05) is 28.8 Å². The second-order valence-corrected chi connectivity index (χ2v) is 7.88. The Morgan fingerprint density at radius 3 is 2.93 bits per heavy atom. The number of benzene rings is 1. The molecule has 0 unspecified atom stereocenters. The van der Waals surface area contributed by atoms with E-state index in [0.29, 0.717) is 23.3 Å². The van der Waals surface area contributed by atoms with Crippen molar-refractivity contribution in [3.8, 4) is 0 Å². The maximum atomic E-state index is 13.1. The molecule has 4 rings (SSSR count). The monoisotopic (exact) mass is 428 g/mol. The molecule has 0 radical (unpaired) electrons. The lowest BCUT2D eigenvalue weighted by Gasteiger charge is -2.12.